The van der Waals surface area contributed by atoms with Crippen molar-refractivity contribution in [2.75, 3.05) is 0 Å². The Morgan fingerprint density at radius 1 is 1.20 bits per heavy atom. The minimum atomic E-state index is 0. The average molecular weight is 125 g/mol. The second-order valence-electron chi connectivity index (χ2n) is 1.95. The van der Waals surface area contributed by atoms with Gasteiger partial charge in [-0.2, -0.15) is 5.71 Å². The molecule has 0 bridgehead atoms. The molecule has 0 radical (unpaired) electrons. The third-order valence-electron chi connectivity index (χ3n) is 1.19. The summed E-state index contributed by atoms with van der Waals surface area (Å²) in [5.74, 6) is 0. The molecule has 46 valence electrons. The minimum absolute atomic E-state index is 0. The van der Waals surface area contributed by atoms with Gasteiger partial charge in [0, 0.05) is 0 Å². The van der Waals surface area contributed by atoms with Crippen molar-refractivity contribution in [3.8, 4) is 0 Å². The van der Waals surface area contributed by atoms with Gasteiger partial charge in [0.15, 0.2) is 0 Å². The normalized spacial score (nSPS) is 8.10. The van der Waals surface area contributed by atoms with Crippen LogP contribution in [0.2, 0.25) is 0 Å². The number of nitrogens with zero attached hydrogens (tertiary/aromatic N) is 1. The number of hydrogen-bond donors (Lipinski definition) is 0. The Kier molecular flexibility index (Phi) is 4.10. The van der Waals surface area contributed by atoms with Crippen LogP contribution in [0.25, 0.3) is 5.41 Å². The third kappa shape index (κ3) is 2.39. The van der Waals surface area contributed by atoms with E-state index in [1.807, 2.05) is 30.3 Å². The first kappa shape index (κ1) is 9.49. The zero-order valence-corrected chi connectivity index (χ0v) is 6.33. The Morgan fingerprint density at radius 2 is 1.70 bits per heavy atom. The fraction of sp³-hybridized carbons (Fsp3) is 0.125. The van der Waals surface area contributed by atoms with Gasteiger partial charge in [-0.1, -0.05) is 37.3 Å². The Morgan fingerprint density at radius 3 is 2.00 bits per heavy atom. The number of rotatable bonds is 1. The summed E-state index contributed by atoms with van der Waals surface area (Å²) < 4.78 is 0. The summed E-state index contributed by atoms with van der Waals surface area (Å²) in [5.41, 5.74) is 1.26. The maximum Gasteiger partial charge on any atom is 1.00 e. The fourth-order valence-corrected chi connectivity index (χ4v) is 0.679. The van der Waals surface area contributed by atoms with E-state index in [0.717, 1.165) is 5.56 Å². The van der Waals surface area contributed by atoms with E-state index < -0.39 is 0 Å². The molecule has 0 saturated carbocycles. The van der Waals surface area contributed by atoms with Gasteiger partial charge in [0.25, 0.3) is 0 Å². The van der Waals surface area contributed by atoms with Crippen LogP contribution in [-0.4, -0.2) is 5.71 Å². The first-order valence-electron chi connectivity index (χ1n) is 2.88. The molecule has 0 heterocycles. The van der Waals surface area contributed by atoms with Crippen molar-refractivity contribution in [3.63, 3.8) is 0 Å². The number of hydrogen-bond acceptors (Lipinski definition) is 0. The molecular formula is C8H8LiN. The summed E-state index contributed by atoms with van der Waals surface area (Å²) >= 11 is 0. The standard InChI is InChI=1S/C8H8N.Li/c1-7(9)8-5-3-2-4-6-8;/h2-6H,1H3;/q-1;+1. The fourth-order valence-electron chi connectivity index (χ4n) is 0.679. The first-order valence-corrected chi connectivity index (χ1v) is 2.88. The summed E-state index contributed by atoms with van der Waals surface area (Å²) in [6.45, 7) is 1.68. The van der Waals surface area contributed by atoms with Crippen molar-refractivity contribution >= 4 is 5.71 Å². The SMILES string of the molecule is CC(=[N-])c1ccccc1.[Li+]. The van der Waals surface area contributed by atoms with E-state index in [1.54, 1.807) is 6.92 Å². The Bertz CT molecular complexity index is 206. The van der Waals surface area contributed by atoms with Crippen molar-refractivity contribution in [2.24, 2.45) is 0 Å². The van der Waals surface area contributed by atoms with E-state index in [9.17, 15) is 0 Å². The van der Waals surface area contributed by atoms with Gasteiger partial charge in [-0.05, 0) is 5.56 Å². The van der Waals surface area contributed by atoms with Crippen LogP contribution >= 0.6 is 0 Å². The third-order valence-corrected chi connectivity index (χ3v) is 1.19. The van der Waals surface area contributed by atoms with Gasteiger partial charge in [0.1, 0.15) is 0 Å². The van der Waals surface area contributed by atoms with E-state index in [1.165, 1.54) is 0 Å². The molecule has 1 rings (SSSR count). The molecule has 0 spiro atoms. The second-order valence-corrected chi connectivity index (χ2v) is 1.95. The van der Waals surface area contributed by atoms with Crippen molar-refractivity contribution in [1.29, 1.82) is 0 Å². The van der Waals surface area contributed by atoms with Crippen LogP contribution in [0.3, 0.4) is 0 Å². The minimum Gasteiger partial charge on any atom is -0.807 e. The van der Waals surface area contributed by atoms with Crippen LogP contribution in [0, 0.1) is 0 Å². The van der Waals surface area contributed by atoms with Gasteiger partial charge in [-0.15, -0.1) is 0 Å². The molecule has 1 nitrogen and oxygen atoms in total. The summed E-state index contributed by atoms with van der Waals surface area (Å²) in [7, 11) is 0. The molecule has 0 aliphatic carbocycles. The molecule has 0 aliphatic rings. The number of benzene rings is 1. The zero-order chi connectivity index (χ0) is 6.69. The van der Waals surface area contributed by atoms with Crippen LogP contribution < -0.4 is 18.9 Å². The summed E-state index contributed by atoms with van der Waals surface area (Å²) in [6, 6.07) is 9.46. The largest absolute Gasteiger partial charge is 1.00 e. The van der Waals surface area contributed by atoms with Crippen molar-refractivity contribution in [2.45, 2.75) is 6.92 Å². The van der Waals surface area contributed by atoms with E-state index in [-0.39, 0.29) is 18.9 Å². The molecular weight excluding hydrogens is 117 g/mol. The molecule has 0 aromatic heterocycles. The molecule has 1 aromatic carbocycles. The Labute approximate surface area is 73.1 Å². The van der Waals surface area contributed by atoms with Gasteiger partial charge >= 0.3 is 18.9 Å². The molecule has 0 amide bonds. The van der Waals surface area contributed by atoms with Gasteiger partial charge in [-0.25, -0.2) is 0 Å². The zero-order valence-electron chi connectivity index (χ0n) is 6.33. The van der Waals surface area contributed by atoms with Crippen LogP contribution in [0.5, 0.6) is 0 Å². The van der Waals surface area contributed by atoms with Crippen LogP contribution in [0.1, 0.15) is 12.5 Å². The van der Waals surface area contributed by atoms with E-state index in [0.29, 0.717) is 5.71 Å². The molecule has 0 aliphatic heterocycles. The monoisotopic (exact) mass is 125 g/mol. The average Bonchev–Trinajstić information content (AvgIpc) is 1.90. The summed E-state index contributed by atoms with van der Waals surface area (Å²) in [4.78, 5) is 0. The Hall–Kier alpha value is -0.513. The quantitative estimate of drug-likeness (QED) is 0.342. The van der Waals surface area contributed by atoms with Crippen molar-refractivity contribution < 1.29 is 18.9 Å². The first-order chi connectivity index (χ1) is 4.30. The molecule has 0 fully saturated rings. The molecule has 2 heteroatoms. The van der Waals surface area contributed by atoms with Gasteiger partial charge in [0.2, 0.25) is 0 Å². The van der Waals surface area contributed by atoms with Gasteiger partial charge in [0.05, 0.1) is 0 Å². The topological polar surface area (TPSA) is 22.3 Å². The van der Waals surface area contributed by atoms with Crippen molar-refractivity contribution in [3.05, 3.63) is 41.3 Å². The van der Waals surface area contributed by atoms with Gasteiger partial charge in [-0.3, -0.25) is 0 Å². The van der Waals surface area contributed by atoms with Gasteiger partial charge < -0.3 is 5.41 Å². The summed E-state index contributed by atoms with van der Waals surface area (Å²) in [6.07, 6.45) is 0. The molecule has 0 saturated heterocycles. The molecule has 10 heavy (non-hydrogen) atoms. The maximum atomic E-state index is 8.94. The molecule has 0 atom stereocenters. The predicted molar refractivity (Wildman–Crippen MR) is 39.6 cm³/mol. The smallest absolute Gasteiger partial charge is 0.807 e. The molecule has 0 N–H and O–H groups in total. The predicted octanol–water partition coefficient (Wildman–Crippen LogP) is -0.931. The van der Waals surface area contributed by atoms with Crippen LogP contribution in [0.4, 0.5) is 0 Å². The van der Waals surface area contributed by atoms with E-state index in [2.05, 4.69) is 0 Å². The molecule has 1 aromatic rings. The van der Waals surface area contributed by atoms with E-state index in [4.69, 9.17) is 5.41 Å². The molecule has 0 unspecified atom stereocenters. The van der Waals surface area contributed by atoms with Crippen LogP contribution in [0.15, 0.2) is 30.3 Å². The van der Waals surface area contributed by atoms with E-state index >= 15 is 0 Å². The summed E-state index contributed by atoms with van der Waals surface area (Å²) in [5, 5.41) is 8.94. The Balaban J connectivity index is 0.000000810. The maximum absolute atomic E-state index is 8.94. The van der Waals surface area contributed by atoms with Crippen molar-refractivity contribution in [1.82, 2.24) is 0 Å². The second kappa shape index (κ2) is 4.33. The van der Waals surface area contributed by atoms with Crippen LogP contribution in [-0.2, 0) is 0 Å².